The third kappa shape index (κ3) is 6.77. The molecule has 1 aliphatic heterocycles. The fourth-order valence-corrected chi connectivity index (χ4v) is 4.38. The molecule has 4 rings (SSSR count). The van der Waals surface area contributed by atoms with Gasteiger partial charge in [0.25, 0.3) is 0 Å². The Morgan fingerprint density at radius 2 is 1.97 bits per heavy atom. The first-order valence-corrected chi connectivity index (χ1v) is 12.5. The van der Waals surface area contributed by atoms with Gasteiger partial charge < -0.3 is 14.6 Å². The number of aromatic nitrogens is 2. The summed E-state index contributed by atoms with van der Waals surface area (Å²) in [7, 11) is 0. The van der Waals surface area contributed by atoms with Crippen molar-refractivity contribution >= 4 is 12.1 Å². The average molecular weight is 507 g/mol. The zero-order valence-corrected chi connectivity index (χ0v) is 21.8. The van der Waals surface area contributed by atoms with Gasteiger partial charge in [0.1, 0.15) is 17.4 Å². The second-order valence-corrected chi connectivity index (χ2v) is 10.7. The Kier molecular flexibility index (Phi) is 7.69. The van der Waals surface area contributed by atoms with Gasteiger partial charge in [0.2, 0.25) is 0 Å². The predicted molar refractivity (Wildman–Crippen MR) is 138 cm³/mol. The lowest BCUT2D eigenvalue weighted by atomic mass is 10.1. The first-order chi connectivity index (χ1) is 17.5. The highest BCUT2D eigenvalue weighted by Gasteiger charge is 2.34. The van der Waals surface area contributed by atoms with Gasteiger partial charge in [-0.1, -0.05) is 12.0 Å². The van der Waals surface area contributed by atoms with Gasteiger partial charge >= 0.3 is 12.1 Å². The van der Waals surface area contributed by atoms with E-state index in [2.05, 4.69) is 21.9 Å². The van der Waals surface area contributed by atoms with Crippen LogP contribution in [0.1, 0.15) is 72.9 Å². The van der Waals surface area contributed by atoms with E-state index in [1.165, 1.54) is 24.6 Å². The summed E-state index contributed by atoms with van der Waals surface area (Å²) in [5.74, 6) is 2.69. The van der Waals surface area contributed by atoms with Crippen molar-refractivity contribution in [3.8, 4) is 18.1 Å². The third-order valence-electron chi connectivity index (χ3n) is 6.43. The lowest BCUT2D eigenvalue weighted by molar-refractivity contribution is 0.00238. The minimum Gasteiger partial charge on any atom is -0.481 e. The highest BCUT2D eigenvalue weighted by atomic mass is 16.6. The maximum Gasteiger partial charge on any atom is 0.411 e. The topological polar surface area (TPSA) is 105 Å². The number of carboxylic acid groups (broad SMARTS) is 1. The minimum absolute atomic E-state index is 0.00839. The van der Waals surface area contributed by atoms with Crippen LogP contribution in [0, 0.1) is 19.3 Å². The highest BCUT2D eigenvalue weighted by molar-refractivity contribution is 5.87. The Morgan fingerprint density at radius 3 is 2.54 bits per heavy atom. The SMILES string of the molecule is C#C[C@@H]1CN(CC(Oc2cnc(C(=O)O)c(C)c2)c2ccc(C3CC3)cn2)CCN1C(=O)OC(C)(C)C. The van der Waals surface area contributed by atoms with E-state index in [1.54, 1.807) is 17.9 Å². The smallest absolute Gasteiger partial charge is 0.411 e. The summed E-state index contributed by atoms with van der Waals surface area (Å²) < 4.78 is 11.9. The van der Waals surface area contributed by atoms with Crippen molar-refractivity contribution in [3.05, 3.63) is 53.1 Å². The van der Waals surface area contributed by atoms with Crippen molar-refractivity contribution in [2.45, 2.75) is 64.2 Å². The zero-order chi connectivity index (χ0) is 26.7. The molecule has 1 N–H and O–H groups in total. The van der Waals surface area contributed by atoms with E-state index < -0.39 is 29.8 Å². The summed E-state index contributed by atoms with van der Waals surface area (Å²) in [5.41, 5.74) is 1.89. The number of carboxylic acids is 1. The van der Waals surface area contributed by atoms with Gasteiger partial charge in [-0.05, 0) is 69.7 Å². The van der Waals surface area contributed by atoms with E-state index in [9.17, 15) is 14.7 Å². The molecule has 2 aromatic heterocycles. The van der Waals surface area contributed by atoms with E-state index in [0.717, 1.165) is 5.69 Å². The van der Waals surface area contributed by atoms with Crippen molar-refractivity contribution < 1.29 is 24.2 Å². The molecule has 2 aliphatic rings. The van der Waals surface area contributed by atoms with E-state index in [4.69, 9.17) is 20.9 Å². The highest BCUT2D eigenvalue weighted by Crippen LogP contribution is 2.40. The van der Waals surface area contributed by atoms with Crippen LogP contribution in [0.25, 0.3) is 0 Å². The van der Waals surface area contributed by atoms with Crippen LogP contribution in [0.5, 0.6) is 5.75 Å². The van der Waals surface area contributed by atoms with E-state index >= 15 is 0 Å². The first kappa shape index (κ1) is 26.4. The van der Waals surface area contributed by atoms with E-state index in [1.807, 2.05) is 33.0 Å². The molecule has 0 aromatic carbocycles. The average Bonchev–Trinajstić information content (AvgIpc) is 3.68. The molecule has 1 unspecified atom stereocenters. The van der Waals surface area contributed by atoms with Gasteiger partial charge in [-0.3, -0.25) is 14.8 Å². The fraction of sp³-hybridized carbons (Fsp3) is 0.500. The molecule has 9 heteroatoms. The number of pyridine rings is 2. The number of terminal acetylenes is 1. The van der Waals surface area contributed by atoms with Crippen molar-refractivity contribution in [1.29, 1.82) is 0 Å². The predicted octanol–water partition coefficient (Wildman–Crippen LogP) is 4.04. The Bertz CT molecular complexity index is 1180. The first-order valence-electron chi connectivity index (χ1n) is 12.5. The molecule has 2 atom stereocenters. The molecule has 0 bridgehead atoms. The molecule has 9 nitrogen and oxygen atoms in total. The van der Waals surface area contributed by atoms with Crippen LogP contribution in [0.3, 0.4) is 0 Å². The summed E-state index contributed by atoms with van der Waals surface area (Å²) in [6.07, 6.45) is 10.7. The maximum atomic E-state index is 12.7. The lowest BCUT2D eigenvalue weighted by Crippen LogP contribution is -2.56. The number of ether oxygens (including phenoxy) is 2. The number of carbonyl (C=O) groups excluding carboxylic acids is 1. The largest absolute Gasteiger partial charge is 0.481 e. The van der Waals surface area contributed by atoms with E-state index in [0.29, 0.717) is 43.4 Å². The number of aromatic carboxylic acids is 1. The van der Waals surface area contributed by atoms with Crippen molar-refractivity contribution in [3.63, 3.8) is 0 Å². The monoisotopic (exact) mass is 506 g/mol. The summed E-state index contributed by atoms with van der Waals surface area (Å²) in [6.45, 7) is 9.14. The molecule has 2 aromatic rings. The van der Waals surface area contributed by atoms with Gasteiger partial charge in [0.05, 0.1) is 11.9 Å². The number of aryl methyl sites for hydroxylation is 1. The van der Waals surface area contributed by atoms with Crippen LogP contribution in [-0.4, -0.2) is 74.8 Å². The van der Waals surface area contributed by atoms with Crippen molar-refractivity contribution in [1.82, 2.24) is 19.8 Å². The number of piperazine rings is 1. The molecule has 2 fully saturated rings. The number of carbonyl (C=O) groups is 2. The van der Waals surface area contributed by atoms with E-state index in [-0.39, 0.29) is 5.69 Å². The third-order valence-corrected chi connectivity index (χ3v) is 6.43. The molecule has 37 heavy (non-hydrogen) atoms. The maximum absolute atomic E-state index is 12.7. The summed E-state index contributed by atoms with van der Waals surface area (Å²) in [4.78, 5) is 36.6. The number of hydrogen-bond acceptors (Lipinski definition) is 7. The van der Waals surface area contributed by atoms with Crippen LogP contribution >= 0.6 is 0 Å². The molecule has 1 saturated carbocycles. The van der Waals surface area contributed by atoms with Crippen LogP contribution in [0.2, 0.25) is 0 Å². The second-order valence-electron chi connectivity index (χ2n) is 10.7. The van der Waals surface area contributed by atoms with Crippen LogP contribution < -0.4 is 4.74 Å². The van der Waals surface area contributed by atoms with Gasteiger partial charge in [-0.25, -0.2) is 14.6 Å². The Morgan fingerprint density at radius 1 is 1.22 bits per heavy atom. The molecule has 1 saturated heterocycles. The Labute approximate surface area is 217 Å². The molecule has 1 aliphatic carbocycles. The van der Waals surface area contributed by atoms with Gasteiger partial charge in [-0.15, -0.1) is 6.42 Å². The molecule has 196 valence electrons. The number of hydrogen-bond donors (Lipinski definition) is 1. The fourth-order valence-electron chi connectivity index (χ4n) is 4.38. The van der Waals surface area contributed by atoms with Crippen molar-refractivity contribution in [2.24, 2.45) is 0 Å². The molecule has 3 heterocycles. The number of rotatable bonds is 7. The molecule has 0 spiro atoms. The van der Waals surface area contributed by atoms with Crippen LogP contribution in [0.15, 0.2) is 30.6 Å². The molecule has 1 amide bonds. The Balaban J connectivity index is 1.51. The van der Waals surface area contributed by atoms with Gasteiger partial charge in [0.15, 0.2) is 11.8 Å². The van der Waals surface area contributed by atoms with Crippen LogP contribution in [-0.2, 0) is 4.74 Å². The zero-order valence-electron chi connectivity index (χ0n) is 21.8. The second kappa shape index (κ2) is 10.8. The standard InChI is InChI=1S/C28H34N4O5/c1-6-21-16-31(11-12-32(21)27(35)37-28(3,4)5)17-24(23-10-9-20(14-29-23)19-7-8-19)36-22-13-18(2)25(26(33)34)30-15-22/h1,9-10,13-15,19,21,24H,7-8,11-12,16-17H2,2-5H3,(H,33,34)/t21-,24?/m1/s1. The van der Waals surface area contributed by atoms with Gasteiger partial charge in [-0.2, -0.15) is 0 Å². The van der Waals surface area contributed by atoms with Crippen LogP contribution in [0.4, 0.5) is 4.79 Å². The number of nitrogens with zero attached hydrogens (tertiary/aromatic N) is 4. The minimum atomic E-state index is -1.08. The van der Waals surface area contributed by atoms with Gasteiger partial charge in [0, 0.05) is 32.4 Å². The normalized spacial score (nSPS) is 19.1. The molecule has 0 radical (unpaired) electrons. The number of amides is 1. The lowest BCUT2D eigenvalue weighted by Gasteiger charge is -2.40. The molecular weight excluding hydrogens is 472 g/mol. The molecular formula is C28H34N4O5. The van der Waals surface area contributed by atoms with Crippen molar-refractivity contribution in [2.75, 3.05) is 26.2 Å². The Hall–Kier alpha value is -3.64. The summed E-state index contributed by atoms with van der Waals surface area (Å²) in [6, 6.07) is 5.32. The summed E-state index contributed by atoms with van der Waals surface area (Å²) >= 11 is 0. The summed E-state index contributed by atoms with van der Waals surface area (Å²) in [5, 5.41) is 9.31. The quantitative estimate of drug-likeness (QED) is 0.561.